The zero-order valence-corrected chi connectivity index (χ0v) is 82.2. The van der Waals surface area contributed by atoms with Gasteiger partial charge in [0.2, 0.25) is 23.6 Å². The zero-order valence-electron chi connectivity index (χ0n) is 82.2. The van der Waals surface area contributed by atoms with Gasteiger partial charge in [-0.1, -0.05) is 371 Å². The molecule has 142 heavy (non-hydrogen) atoms. The van der Waals surface area contributed by atoms with Crippen molar-refractivity contribution in [2.75, 3.05) is 121 Å². The number of carboxylic acid groups (broad SMARTS) is 2. The molecule has 16 rings (SSSR count). The first-order valence-electron chi connectivity index (χ1n) is 48.4. The van der Waals surface area contributed by atoms with E-state index in [1.54, 1.807) is 9.80 Å². The first kappa shape index (κ1) is 112. The monoisotopic (exact) mass is 1910 g/mol. The molecular formula is C119H139LiN8O14. The number of nitrogens with zero attached hydrogens (tertiary/aromatic N) is 8. The first-order chi connectivity index (χ1) is 67.2. The van der Waals surface area contributed by atoms with Gasteiger partial charge in [0.25, 0.3) is 0 Å². The molecule has 0 aliphatic carbocycles. The van der Waals surface area contributed by atoms with Gasteiger partial charge in [0.1, 0.15) is 0 Å². The molecule has 0 saturated carbocycles. The third kappa shape index (κ3) is 30.9. The second kappa shape index (κ2) is 57.6. The molecule has 12 aromatic rings. The van der Waals surface area contributed by atoms with Crippen LogP contribution in [0.2, 0.25) is 0 Å². The topological polar surface area (TPSA) is 283 Å². The Balaban J connectivity index is 0.000000209. The van der Waals surface area contributed by atoms with E-state index >= 15 is 0 Å². The fourth-order valence-corrected chi connectivity index (χ4v) is 20.1. The number of carbonyl (C=O) groups is 8. The van der Waals surface area contributed by atoms with Crippen LogP contribution in [0.25, 0.3) is 0 Å². The Morgan fingerprint density at radius 1 is 0.268 bits per heavy atom. The fraction of sp³-hybridized carbons (Fsp3) is 0.328. The van der Waals surface area contributed by atoms with E-state index < -0.39 is 47.4 Å². The third-order valence-electron chi connectivity index (χ3n) is 27.6. The number of rotatable bonds is 36. The largest absolute Gasteiger partial charge is 1.00 e. The van der Waals surface area contributed by atoms with Crippen molar-refractivity contribution in [3.8, 4) is 0 Å². The van der Waals surface area contributed by atoms with Crippen LogP contribution in [0.3, 0.4) is 0 Å². The molecule has 0 radical (unpaired) electrons. The minimum atomic E-state index is -0.841. The number of hydrogen-bond donors (Lipinski definition) is 2. The average Bonchev–Trinajstić information content (AvgIpc) is 1.68. The van der Waals surface area contributed by atoms with Gasteiger partial charge in [0.05, 0.1) is 61.6 Å². The Hall–Kier alpha value is -13.2. The molecule has 4 aliphatic heterocycles. The third-order valence-corrected chi connectivity index (χ3v) is 27.6. The number of aliphatic carboxylic acids is 2. The Kier molecular flexibility index (Phi) is 45.6. The summed E-state index contributed by atoms with van der Waals surface area (Å²) < 4.78 is 10.3. The molecule has 0 spiro atoms. The number of carboxylic acids is 2. The summed E-state index contributed by atoms with van der Waals surface area (Å²) in [5, 5.41) is 19.9. The van der Waals surface area contributed by atoms with Crippen molar-refractivity contribution in [1.82, 2.24) is 39.2 Å². The second-order valence-electron chi connectivity index (χ2n) is 36.7. The Bertz CT molecular complexity index is 5240. The molecule has 0 unspecified atom stereocenters. The van der Waals surface area contributed by atoms with Gasteiger partial charge in [-0.15, -0.1) is 0 Å². The molecule has 740 valence electrons. The summed E-state index contributed by atoms with van der Waals surface area (Å²) in [6, 6.07) is 119. The van der Waals surface area contributed by atoms with Crippen molar-refractivity contribution in [1.29, 1.82) is 0 Å². The molecule has 4 aliphatic rings. The van der Waals surface area contributed by atoms with Gasteiger partial charge in [0.15, 0.2) is 0 Å². The van der Waals surface area contributed by atoms with Gasteiger partial charge < -0.3 is 69.8 Å². The SMILES string of the molecule is C.CN(CCCc1ccccc1)[C@@H]1CN(C(=O)C(c2ccccc2)c2ccccc2)C[C@H]1C(=O)O.CN(CCCc1ccccc1)[C@H]1CN(C(=O)C(c2ccccc2)c2ccccc2)C[C@@H]1C(=O)O.COC(=O)[C@@H]1CN(C(=O)C(c2ccccc2)c2ccccc2)C[C@H]1N(C)CCCc1ccccc1.COC(=O)[C@H]1CN(C(=O)C(c2ccccc2)c2ccccc2)C[C@@H]1N(C)CCCc1ccccc1.O.[Li+].[OH-]. The molecule has 0 aromatic heterocycles. The van der Waals surface area contributed by atoms with Crippen LogP contribution in [0.4, 0.5) is 0 Å². The maximum atomic E-state index is 13.9. The molecule has 0 bridgehead atoms. The number of aryl methyl sites for hydroxylation is 4. The van der Waals surface area contributed by atoms with Gasteiger partial charge in [0, 0.05) is 76.5 Å². The maximum absolute atomic E-state index is 13.9. The molecule has 12 aromatic carbocycles. The Morgan fingerprint density at radius 2 is 0.415 bits per heavy atom. The van der Waals surface area contributed by atoms with Crippen molar-refractivity contribution >= 4 is 47.5 Å². The summed E-state index contributed by atoms with van der Waals surface area (Å²) >= 11 is 0. The summed E-state index contributed by atoms with van der Waals surface area (Å²) in [6.45, 7) is 6.33. The number of ether oxygens (including phenoxy) is 2. The maximum Gasteiger partial charge on any atom is 1.00 e. The first-order valence-corrected chi connectivity index (χ1v) is 48.4. The van der Waals surface area contributed by atoms with E-state index in [0.717, 1.165) is 122 Å². The molecule has 5 N–H and O–H groups in total. The fourth-order valence-electron chi connectivity index (χ4n) is 20.1. The minimum Gasteiger partial charge on any atom is -0.870 e. The number of likely N-dealkylation sites (tertiary alicyclic amines) is 4. The van der Waals surface area contributed by atoms with Crippen LogP contribution in [0.15, 0.2) is 364 Å². The van der Waals surface area contributed by atoms with Crippen LogP contribution >= 0.6 is 0 Å². The van der Waals surface area contributed by atoms with Crippen molar-refractivity contribution in [2.45, 2.75) is 107 Å². The van der Waals surface area contributed by atoms with Crippen molar-refractivity contribution < 1.29 is 87.9 Å². The van der Waals surface area contributed by atoms with E-state index in [2.05, 4.69) is 92.4 Å². The molecule has 22 nitrogen and oxygen atoms in total. The molecule has 8 atom stereocenters. The van der Waals surface area contributed by atoms with Crippen LogP contribution in [0.1, 0.15) is 124 Å². The number of likely N-dealkylation sites (N-methyl/N-ethyl adjacent to an activating group) is 4. The normalized spacial score (nSPS) is 17.3. The smallest absolute Gasteiger partial charge is 0.870 e. The van der Waals surface area contributed by atoms with Crippen LogP contribution in [0, 0.1) is 23.7 Å². The van der Waals surface area contributed by atoms with Crippen LogP contribution in [-0.4, -0.2) is 253 Å². The van der Waals surface area contributed by atoms with Gasteiger partial charge in [-0.25, -0.2) is 0 Å². The molecule has 23 heteroatoms. The van der Waals surface area contributed by atoms with E-state index in [1.165, 1.54) is 36.5 Å². The number of esters is 2. The second-order valence-corrected chi connectivity index (χ2v) is 36.7. The molecular weight excluding hydrogens is 1770 g/mol. The zero-order chi connectivity index (χ0) is 97.1. The van der Waals surface area contributed by atoms with E-state index in [4.69, 9.17) is 9.47 Å². The van der Waals surface area contributed by atoms with Crippen molar-refractivity contribution in [3.05, 3.63) is 431 Å². The van der Waals surface area contributed by atoms with Crippen LogP contribution < -0.4 is 18.9 Å². The number of methoxy groups -OCH3 is 2. The van der Waals surface area contributed by atoms with Crippen LogP contribution in [0.5, 0.6) is 0 Å². The summed E-state index contributed by atoms with van der Waals surface area (Å²) in [4.78, 5) is 121. The summed E-state index contributed by atoms with van der Waals surface area (Å²) in [6.07, 6.45) is 7.69. The average molecular weight is 1910 g/mol. The number of carbonyl (C=O) groups excluding carboxylic acids is 6. The van der Waals surface area contributed by atoms with Gasteiger partial charge >= 0.3 is 42.7 Å². The minimum absolute atomic E-state index is 0. The quantitative estimate of drug-likeness (QED) is 0.0272. The molecule has 4 saturated heterocycles. The molecule has 4 fully saturated rings. The van der Waals surface area contributed by atoms with E-state index in [1.807, 2.05) is 329 Å². The van der Waals surface area contributed by atoms with Crippen LogP contribution in [-0.2, 0) is 73.5 Å². The van der Waals surface area contributed by atoms with Gasteiger partial charge in [-0.05, 0) is 172 Å². The summed E-state index contributed by atoms with van der Waals surface area (Å²) in [5.74, 6) is -5.84. The predicted molar refractivity (Wildman–Crippen MR) is 555 cm³/mol. The van der Waals surface area contributed by atoms with Gasteiger partial charge in [-0.2, -0.15) is 0 Å². The van der Waals surface area contributed by atoms with Crippen molar-refractivity contribution in [3.63, 3.8) is 0 Å². The Morgan fingerprint density at radius 3 is 0.570 bits per heavy atom. The molecule has 4 heterocycles. The van der Waals surface area contributed by atoms with E-state index in [-0.39, 0.29) is 122 Å². The predicted octanol–water partition coefficient (Wildman–Crippen LogP) is 14.0. The number of amides is 4. The van der Waals surface area contributed by atoms with Crippen molar-refractivity contribution in [2.24, 2.45) is 23.7 Å². The van der Waals surface area contributed by atoms with E-state index in [9.17, 15) is 48.6 Å². The number of hydrogen-bond acceptors (Lipinski definition) is 15. The Labute approximate surface area is 851 Å². The standard InChI is InChI=1S/2C30H34N2O3.2C29H32N2O3.CH4.Li.2H2O/c2*1-31(20-12-15-23-13-6-3-7-14-23)27-22-32(21-26(27)30(34)35-2)29(33)28(24-16-8-4-9-17-24)25-18-10-5-11-19-25;2*1-30(19-11-14-22-12-5-2-6-13-22)26-21-31(20-25(26)29(33)34)28(32)27(23-15-7-3-8-16-23)24-17-9-4-10-18-24;;;;/h2*3-11,13-14,16-19,26-28H,12,15,20-22H2,1-2H3;2*2-10,12-13,15-18,25-27H,11,14,19-21H2,1H3,(H,33,34);1H4;;2*1H2/q;;;;;+1;;/p-1/t2*26-,27-;2*25-,26-;;;;/m1010..../s1. The number of benzene rings is 12. The molecule has 4 amide bonds. The summed E-state index contributed by atoms with van der Waals surface area (Å²) in [5.41, 5.74) is 12.7. The summed E-state index contributed by atoms with van der Waals surface area (Å²) in [7, 11) is 10.9. The van der Waals surface area contributed by atoms with Gasteiger partial charge in [-0.3, -0.25) is 38.4 Å². The van der Waals surface area contributed by atoms with E-state index in [0.29, 0.717) is 39.3 Å².